The van der Waals surface area contributed by atoms with E-state index in [1.165, 1.54) is 4.90 Å². The Bertz CT molecular complexity index is 913. The number of rotatable bonds is 9. The number of nitrogens with one attached hydrogen (secondary N) is 1. The molecule has 0 fully saturated rings. The van der Waals surface area contributed by atoms with Crippen LogP contribution in [0, 0.1) is 0 Å². The van der Waals surface area contributed by atoms with Crippen molar-refractivity contribution in [2.75, 3.05) is 19.5 Å². The van der Waals surface area contributed by atoms with Crippen LogP contribution in [0.15, 0.2) is 83.8 Å². The minimum absolute atomic E-state index is 0.130. The van der Waals surface area contributed by atoms with Gasteiger partial charge in [-0.25, -0.2) is 0 Å². The molecule has 0 aliphatic heterocycles. The van der Waals surface area contributed by atoms with E-state index in [1.807, 2.05) is 61.5 Å². The molecule has 0 aliphatic carbocycles. The van der Waals surface area contributed by atoms with Gasteiger partial charge in [0.15, 0.2) is 0 Å². The van der Waals surface area contributed by atoms with Gasteiger partial charge in [-0.15, -0.1) is 11.8 Å². The quantitative estimate of drug-likeness (QED) is 0.383. The molecule has 1 unspecified atom stereocenters. The molecule has 29 heavy (non-hydrogen) atoms. The second-order valence-electron chi connectivity index (χ2n) is 6.47. The van der Waals surface area contributed by atoms with E-state index in [2.05, 4.69) is 17.4 Å². The summed E-state index contributed by atoms with van der Waals surface area (Å²) >= 11 is 1.76. The van der Waals surface area contributed by atoms with Crippen LogP contribution < -0.4 is 14.8 Å². The van der Waals surface area contributed by atoms with E-state index in [9.17, 15) is 4.79 Å². The predicted octanol–water partition coefficient (Wildman–Crippen LogP) is 5.36. The number of hydrogen-bond acceptors (Lipinski definition) is 4. The lowest BCUT2D eigenvalue weighted by Gasteiger charge is -2.17. The van der Waals surface area contributed by atoms with Gasteiger partial charge in [0.25, 0.3) is 5.91 Å². The molecule has 1 amide bonds. The summed E-state index contributed by atoms with van der Waals surface area (Å²) in [5.74, 6) is 2.25. The van der Waals surface area contributed by atoms with Gasteiger partial charge in [-0.3, -0.25) is 4.79 Å². The second-order valence-corrected chi connectivity index (χ2v) is 7.64. The highest BCUT2D eigenvalue weighted by atomic mass is 32.2. The molecule has 3 aromatic rings. The second kappa shape index (κ2) is 10.6. The van der Waals surface area contributed by atoms with Gasteiger partial charge in [-0.2, -0.15) is 0 Å². The standard InChI is InChI=1S/C24H25NO3S/c1-18(22-10-6-7-11-23(22)27-2)25-24(26)19-12-14-20(15-13-19)28-16-17-29-21-8-4-3-5-9-21/h3-15,18H,16-17H2,1-2H3,(H,25,26). The lowest BCUT2D eigenvalue weighted by atomic mass is 10.1. The van der Waals surface area contributed by atoms with Gasteiger partial charge >= 0.3 is 0 Å². The Morgan fingerprint density at radius 3 is 2.38 bits per heavy atom. The summed E-state index contributed by atoms with van der Waals surface area (Å²) in [4.78, 5) is 13.8. The van der Waals surface area contributed by atoms with Gasteiger partial charge in [0, 0.05) is 21.8 Å². The van der Waals surface area contributed by atoms with Gasteiger partial charge in [0.05, 0.1) is 19.8 Å². The van der Waals surface area contributed by atoms with Crippen molar-refractivity contribution < 1.29 is 14.3 Å². The van der Waals surface area contributed by atoms with E-state index in [-0.39, 0.29) is 11.9 Å². The number of carbonyl (C=O) groups is 1. The maximum atomic E-state index is 12.6. The first-order valence-corrected chi connectivity index (χ1v) is 10.5. The summed E-state index contributed by atoms with van der Waals surface area (Å²) in [5.41, 5.74) is 1.54. The summed E-state index contributed by atoms with van der Waals surface area (Å²) < 4.78 is 11.1. The van der Waals surface area contributed by atoms with Gasteiger partial charge in [0.1, 0.15) is 11.5 Å². The van der Waals surface area contributed by atoms with Crippen molar-refractivity contribution in [2.24, 2.45) is 0 Å². The number of thioether (sulfide) groups is 1. The molecular formula is C24H25NO3S. The van der Waals surface area contributed by atoms with E-state index < -0.39 is 0 Å². The molecule has 1 N–H and O–H groups in total. The zero-order valence-corrected chi connectivity index (χ0v) is 17.4. The van der Waals surface area contributed by atoms with Crippen molar-refractivity contribution in [2.45, 2.75) is 17.9 Å². The number of para-hydroxylation sites is 1. The normalized spacial score (nSPS) is 11.5. The average molecular weight is 408 g/mol. The largest absolute Gasteiger partial charge is 0.496 e. The Morgan fingerprint density at radius 2 is 1.66 bits per heavy atom. The van der Waals surface area contributed by atoms with E-state index in [0.717, 1.165) is 22.8 Å². The van der Waals surface area contributed by atoms with Crippen LogP contribution in [0.4, 0.5) is 0 Å². The zero-order valence-electron chi connectivity index (χ0n) is 16.6. The van der Waals surface area contributed by atoms with Gasteiger partial charge in [0.2, 0.25) is 0 Å². The number of hydrogen-bond donors (Lipinski definition) is 1. The molecule has 0 saturated heterocycles. The molecule has 0 radical (unpaired) electrons. The van der Waals surface area contributed by atoms with E-state index >= 15 is 0 Å². The van der Waals surface area contributed by atoms with Crippen LogP contribution in [-0.4, -0.2) is 25.4 Å². The summed E-state index contributed by atoms with van der Waals surface area (Å²) in [6.07, 6.45) is 0. The Hall–Kier alpha value is -2.92. The monoisotopic (exact) mass is 407 g/mol. The van der Waals surface area contributed by atoms with Crippen molar-refractivity contribution in [1.29, 1.82) is 0 Å². The number of methoxy groups -OCH3 is 1. The van der Waals surface area contributed by atoms with Crippen LogP contribution in [-0.2, 0) is 0 Å². The number of amides is 1. The Morgan fingerprint density at radius 1 is 0.966 bits per heavy atom. The molecular weight excluding hydrogens is 382 g/mol. The minimum Gasteiger partial charge on any atom is -0.496 e. The average Bonchev–Trinajstić information content (AvgIpc) is 2.77. The van der Waals surface area contributed by atoms with Crippen LogP contribution in [0.3, 0.4) is 0 Å². The third-order valence-electron chi connectivity index (χ3n) is 4.43. The Labute approximate surface area is 176 Å². The van der Waals surface area contributed by atoms with Gasteiger partial charge in [-0.1, -0.05) is 36.4 Å². The first-order valence-electron chi connectivity index (χ1n) is 9.52. The van der Waals surface area contributed by atoms with Crippen LogP contribution >= 0.6 is 11.8 Å². The molecule has 3 rings (SSSR count). The molecule has 0 heterocycles. The number of benzene rings is 3. The molecule has 5 heteroatoms. The minimum atomic E-state index is -0.162. The summed E-state index contributed by atoms with van der Waals surface area (Å²) in [5, 5.41) is 3.01. The topological polar surface area (TPSA) is 47.6 Å². The van der Waals surface area contributed by atoms with Gasteiger partial charge in [-0.05, 0) is 49.4 Å². The molecule has 3 aromatic carbocycles. The molecule has 0 saturated carbocycles. The Balaban J connectivity index is 1.49. The third-order valence-corrected chi connectivity index (χ3v) is 5.41. The molecule has 0 aliphatic rings. The SMILES string of the molecule is COc1ccccc1C(C)NC(=O)c1ccc(OCCSc2ccccc2)cc1. The smallest absolute Gasteiger partial charge is 0.251 e. The van der Waals surface area contributed by atoms with Crippen molar-refractivity contribution in [3.8, 4) is 11.5 Å². The van der Waals surface area contributed by atoms with Crippen molar-refractivity contribution >= 4 is 17.7 Å². The maximum Gasteiger partial charge on any atom is 0.251 e. The van der Waals surface area contributed by atoms with Crippen molar-refractivity contribution in [1.82, 2.24) is 5.32 Å². The highest BCUT2D eigenvalue weighted by Gasteiger charge is 2.14. The number of ether oxygens (including phenoxy) is 2. The molecule has 0 spiro atoms. The molecule has 0 bridgehead atoms. The summed E-state index contributed by atoms with van der Waals surface area (Å²) in [6, 6.07) is 25.0. The Kier molecular flexibility index (Phi) is 7.59. The molecule has 1 atom stereocenters. The molecule has 0 aromatic heterocycles. The third kappa shape index (κ3) is 6.03. The highest BCUT2D eigenvalue weighted by molar-refractivity contribution is 7.99. The van der Waals surface area contributed by atoms with E-state index in [1.54, 1.807) is 31.0 Å². The van der Waals surface area contributed by atoms with Crippen LogP contribution in [0.2, 0.25) is 0 Å². The molecule has 4 nitrogen and oxygen atoms in total. The van der Waals surface area contributed by atoms with E-state index in [0.29, 0.717) is 12.2 Å². The summed E-state index contributed by atoms with van der Waals surface area (Å²) in [7, 11) is 1.63. The van der Waals surface area contributed by atoms with Gasteiger partial charge < -0.3 is 14.8 Å². The fraction of sp³-hybridized carbons (Fsp3) is 0.208. The first kappa shape index (κ1) is 20.8. The summed E-state index contributed by atoms with van der Waals surface area (Å²) in [6.45, 7) is 2.55. The fourth-order valence-electron chi connectivity index (χ4n) is 2.92. The van der Waals surface area contributed by atoms with Crippen LogP contribution in [0.1, 0.15) is 28.9 Å². The lowest BCUT2D eigenvalue weighted by Crippen LogP contribution is -2.26. The lowest BCUT2D eigenvalue weighted by molar-refractivity contribution is 0.0939. The number of carbonyl (C=O) groups excluding carboxylic acids is 1. The maximum absolute atomic E-state index is 12.6. The first-order chi connectivity index (χ1) is 14.2. The highest BCUT2D eigenvalue weighted by Crippen LogP contribution is 2.25. The zero-order chi connectivity index (χ0) is 20.5. The van der Waals surface area contributed by atoms with Crippen molar-refractivity contribution in [3.63, 3.8) is 0 Å². The van der Waals surface area contributed by atoms with Crippen LogP contribution in [0.25, 0.3) is 0 Å². The van der Waals surface area contributed by atoms with E-state index in [4.69, 9.17) is 9.47 Å². The fourth-order valence-corrected chi connectivity index (χ4v) is 3.67. The van der Waals surface area contributed by atoms with Crippen LogP contribution in [0.5, 0.6) is 11.5 Å². The molecule has 150 valence electrons. The van der Waals surface area contributed by atoms with Crippen molar-refractivity contribution in [3.05, 3.63) is 90.0 Å². The predicted molar refractivity (Wildman–Crippen MR) is 118 cm³/mol.